The Kier molecular flexibility index (Phi) is 4.16. The summed E-state index contributed by atoms with van der Waals surface area (Å²) in [5.41, 5.74) is 3.10. The maximum absolute atomic E-state index is 12.7. The van der Waals surface area contributed by atoms with Gasteiger partial charge >= 0.3 is 0 Å². The van der Waals surface area contributed by atoms with Gasteiger partial charge in [0.05, 0.1) is 17.6 Å². The summed E-state index contributed by atoms with van der Waals surface area (Å²) in [6.45, 7) is 0.677. The van der Waals surface area contributed by atoms with Gasteiger partial charge in [-0.05, 0) is 23.8 Å². The highest BCUT2D eigenvalue weighted by Gasteiger charge is 2.18. The van der Waals surface area contributed by atoms with Crippen LogP contribution in [0.15, 0.2) is 54.7 Å². The van der Waals surface area contributed by atoms with Gasteiger partial charge in [0.2, 0.25) is 0 Å². The summed E-state index contributed by atoms with van der Waals surface area (Å²) in [5.74, 6) is -0.143. The molecule has 5 heteroatoms. The zero-order chi connectivity index (χ0) is 15.4. The van der Waals surface area contributed by atoms with Crippen molar-refractivity contribution in [1.29, 1.82) is 0 Å². The number of pyridine rings is 1. The van der Waals surface area contributed by atoms with Crippen LogP contribution in [-0.4, -0.2) is 39.0 Å². The molecule has 0 spiro atoms. The quantitative estimate of drug-likeness (QED) is 0.758. The highest BCUT2D eigenvalue weighted by molar-refractivity contribution is 5.97. The molecule has 0 saturated carbocycles. The predicted molar refractivity (Wildman–Crippen MR) is 84.4 cm³/mol. The molecule has 2 N–H and O–H groups in total. The Morgan fingerprint density at radius 1 is 1.18 bits per heavy atom. The van der Waals surface area contributed by atoms with Crippen molar-refractivity contribution in [1.82, 2.24) is 14.9 Å². The van der Waals surface area contributed by atoms with Crippen LogP contribution in [0.1, 0.15) is 16.1 Å². The Labute approximate surface area is 128 Å². The molecule has 5 nitrogen and oxygen atoms in total. The Hall–Kier alpha value is -2.66. The van der Waals surface area contributed by atoms with Gasteiger partial charge in [-0.1, -0.05) is 30.3 Å². The number of hydrogen-bond acceptors (Lipinski definition) is 3. The van der Waals surface area contributed by atoms with Crippen LogP contribution in [0, 0.1) is 0 Å². The summed E-state index contributed by atoms with van der Waals surface area (Å²) in [6, 6.07) is 15.2. The minimum Gasteiger partial charge on any atom is -0.395 e. The van der Waals surface area contributed by atoms with Gasteiger partial charge in [0, 0.05) is 19.3 Å². The number of H-pyrrole nitrogens is 1. The molecule has 1 amide bonds. The fraction of sp³-hybridized carbons (Fsp3) is 0.176. The Morgan fingerprint density at radius 2 is 2.00 bits per heavy atom. The summed E-state index contributed by atoms with van der Waals surface area (Å²) >= 11 is 0. The topological polar surface area (TPSA) is 69.2 Å². The summed E-state index contributed by atoms with van der Waals surface area (Å²) in [5, 5.41) is 9.23. The number of carbonyl (C=O) groups excluding carboxylic acids is 1. The molecule has 0 fully saturated rings. The summed E-state index contributed by atoms with van der Waals surface area (Å²) < 4.78 is 0. The van der Waals surface area contributed by atoms with E-state index >= 15 is 0 Å². The average molecular weight is 295 g/mol. The van der Waals surface area contributed by atoms with Gasteiger partial charge in [-0.15, -0.1) is 0 Å². The lowest BCUT2D eigenvalue weighted by Gasteiger charge is -2.21. The van der Waals surface area contributed by atoms with Crippen molar-refractivity contribution < 1.29 is 9.90 Å². The molecule has 0 aliphatic heterocycles. The van der Waals surface area contributed by atoms with E-state index in [0.717, 1.165) is 16.6 Å². The second-order valence-electron chi connectivity index (χ2n) is 5.06. The van der Waals surface area contributed by atoms with E-state index in [4.69, 9.17) is 0 Å². The minimum atomic E-state index is -0.143. The number of benzene rings is 1. The number of carbonyl (C=O) groups is 1. The zero-order valence-electron chi connectivity index (χ0n) is 12.1. The van der Waals surface area contributed by atoms with Gasteiger partial charge < -0.3 is 15.0 Å². The second kappa shape index (κ2) is 6.41. The SMILES string of the molecule is O=C(c1cc2ncccc2[nH]1)N(CCO)Cc1ccccc1. The molecule has 1 aromatic carbocycles. The molecule has 112 valence electrons. The summed E-state index contributed by atoms with van der Waals surface area (Å²) in [4.78, 5) is 21.6. The molecule has 0 aliphatic carbocycles. The number of aliphatic hydroxyl groups is 1. The number of nitrogens with one attached hydrogen (secondary N) is 1. The number of hydrogen-bond donors (Lipinski definition) is 2. The van der Waals surface area contributed by atoms with Crippen LogP contribution in [0.25, 0.3) is 11.0 Å². The lowest BCUT2D eigenvalue weighted by atomic mass is 10.2. The second-order valence-corrected chi connectivity index (χ2v) is 5.06. The molecule has 0 aliphatic rings. The van der Waals surface area contributed by atoms with Crippen LogP contribution in [0.4, 0.5) is 0 Å². The number of aromatic amines is 1. The van der Waals surface area contributed by atoms with Crippen molar-refractivity contribution in [2.45, 2.75) is 6.54 Å². The number of fused-ring (bicyclic) bond motifs is 1. The number of amides is 1. The lowest BCUT2D eigenvalue weighted by Crippen LogP contribution is -2.33. The van der Waals surface area contributed by atoms with Crippen LogP contribution < -0.4 is 0 Å². The highest BCUT2D eigenvalue weighted by atomic mass is 16.3. The van der Waals surface area contributed by atoms with Crippen LogP contribution in [0.2, 0.25) is 0 Å². The molecule has 2 aromatic heterocycles. The molecule has 3 rings (SSSR count). The number of aromatic nitrogens is 2. The van der Waals surface area contributed by atoms with Gasteiger partial charge in [-0.3, -0.25) is 9.78 Å². The molecule has 0 atom stereocenters. The fourth-order valence-electron chi connectivity index (χ4n) is 2.42. The Balaban J connectivity index is 1.85. The van der Waals surface area contributed by atoms with Crippen LogP contribution >= 0.6 is 0 Å². The van der Waals surface area contributed by atoms with Gasteiger partial charge in [-0.25, -0.2) is 0 Å². The van der Waals surface area contributed by atoms with Crippen LogP contribution in [-0.2, 0) is 6.54 Å². The maximum atomic E-state index is 12.7. The summed E-state index contributed by atoms with van der Waals surface area (Å²) in [6.07, 6.45) is 1.69. The molecule has 0 bridgehead atoms. The first-order valence-corrected chi connectivity index (χ1v) is 7.16. The summed E-state index contributed by atoms with van der Waals surface area (Å²) in [7, 11) is 0. The lowest BCUT2D eigenvalue weighted by molar-refractivity contribution is 0.0703. The molecule has 22 heavy (non-hydrogen) atoms. The molecular formula is C17H17N3O2. The molecule has 0 unspecified atom stereocenters. The first-order valence-electron chi connectivity index (χ1n) is 7.16. The van der Waals surface area contributed by atoms with E-state index in [1.807, 2.05) is 42.5 Å². The number of aliphatic hydroxyl groups excluding tert-OH is 1. The Bertz CT molecular complexity index is 735. The van der Waals surface area contributed by atoms with Gasteiger partial charge in [-0.2, -0.15) is 0 Å². The van der Waals surface area contributed by atoms with Crippen molar-refractivity contribution in [3.8, 4) is 0 Å². The smallest absolute Gasteiger partial charge is 0.270 e. The third-order valence-electron chi connectivity index (χ3n) is 3.49. The molecule has 0 radical (unpaired) electrons. The van der Waals surface area contributed by atoms with Gasteiger partial charge in [0.15, 0.2) is 0 Å². The van der Waals surface area contributed by atoms with Gasteiger partial charge in [0.25, 0.3) is 5.91 Å². The van der Waals surface area contributed by atoms with E-state index in [2.05, 4.69) is 9.97 Å². The van der Waals surface area contributed by atoms with Crippen molar-refractivity contribution in [3.63, 3.8) is 0 Å². The average Bonchev–Trinajstić information content (AvgIpc) is 2.99. The maximum Gasteiger partial charge on any atom is 0.270 e. The van der Waals surface area contributed by atoms with E-state index < -0.39 is 0 Å². The molecular weight excluding hydrogens is 278 g/mol. The zero-order valence-corrected chi connectivity index (χ0v) is 12.1. The molecule has 2 heterocycles. The predicted octanol–water partition coefficient (Wildman–Crippen LogP) is 2.20. The normalized spacial score (nSPS) is 10.8. The van der Waals surface area contributed by atoms with Crippen LogP contribution in [0.5, 0.6) is 0 Å². The van der Waals surface area contributed by atoms with Gasteiger partial charge in [0.1, 0.15) is 5.69 Å². The first-order chi connectivity index (χ1) is 10.8. The third kappa shape index (κ3) is 2.99. The fourth-order valence-corrected chi connectivity index (χ4v) is 2.42. The van der Waals surface area contributed by atoms with Crippen molar-refractivity contribution in [2.75, 3.05) is 13.2 Å². The van der Waals surface area contributed by atoms with Crippen molar-refractivity contribution in [2.24, 2.45) is 0 Å². The van der Waals surface area contributed by atoms with E-state index in [9.17, 15) is 9.90 Å². The van der Waals surface area contributed by atoms with E-state index in [0.29, 0.717) is 12.2 Å². The standard InChI is InChI=1S/C17H17N3O2/c21-10-9-20(12-13-5-2-1-3-6-13)17(22)16-11-15-14(19-16)7-4-8-18-15/h1-8,11,19,21H,9-10,12H2. The number of rotatable bonds is 5. The Morgan fingerprint density at radius 3 is 2.73 bits per heavy atom. The van der Waals surface area contributed by atoms with E-state index in [1.165, 1.54) is 0 Å². The van der Waals surface area contributed by atoms with E-state index in [1.54, 1.807) is 17.2 Å². The number of nitrogens with zero attached hydrogens (tertiary/aromatic N) is 2. The molecule has 3 aromatic rings. The minimum absolute atomic E-state index is 0.0724. The van der Waals surface area contributed by atoms with Crippen LogP contribution in [0.3, 0.4) is 0 Å². The highest BCUT2D eigenvalue weighted by Crippen LogP contribution is 2.15. The van der Waals surface area contributed by atoms with Crippen molar-refractivity contribution in [3.05, 3.63) is 66.0 Å². The molecule has 0 saturated heterocycles. The van der Waals surface area contributed by atoms with Crippen molar-refractivity contribution >= 4 is 16.9 Å². The first kappa shape index (κ1) is 14.3. The largest absolute Gasteiger partial charge is 0.395 e. The third-order valence-corrected chi connectivity index (χ3v) is 3.49. The monoisotopic (exact) mass is 295 g/mol. The van der Waals surface area contributed by atoms with E-state index in [-0.39, 0.29) is 19.1 Å².